The molecule has 4 fully saturated rings. The van der Waals surface area contributed by atoms with Crippen LogP contribution in [0.5, 0.6) is 0 Å². The monoisotopic (exact) mass is 428 g/mol. The number of carbonyl (C=O) groups is 4. The molecule has 1 aromatic rings. The molecule has 9 heteroatoms. The molecule has 8 nitrogen and oxygen atoms in total. The van der Waals surface area contributed by atoms with E-state index < -0.39 is 35.5 Å². The minimum Gasteiger partial charge on any atom is -0.360 e. The molecule has 0 saturated carbocycles. The van der Waals surface area contributed by atoms with Crippen molar-refractivity contribution in [1.82, 2.24) is 15.1 Å². The maximum absolute atomic E-state index is 15.1. The van der Waals surface area contributed by atoms with Gasteiger partial charge in [-0.1, -0.05) is 0 Å². The van der Waals surface area contributed by atoms with Gasteiger partial charge < -0.3 is 4.90 Å². The van der Waals surface area contributed by atoms with E-state index in [0.717, 1.165) is 30.5 Å². The van der Waals surface area contributed by atoms with Gasteiger partial charge >= 0.3 is 0 Å². The van der Waals surface area contributed by atoms with Crippen LogP contribution in [0, 0.1) is 5.82 Å². The molecule has 31 heavy (non-hydrogen) atoms. The Morgan fingerprint density at radius 1 is 1.00 bits per heavy atom. The number of halogens is 1. The fourth-order valence-corrected chi connectivity index (χ4v) is 5.23. The summed E-state index contributed by atoms with van der Waals surface area (Å²) in [7, 11) is 0. The van der Waals surface area contributed by atoms with Crippen molar-refractivity contribution < 1.29 is 23.6 Å². The van der Waals surface area contributed by atoms with Crippen LogP contribution in [0.3, 0.4) is 0 Å². The zero-order valence-electron chi connectivity index (χ0n) is 17.8. The highest BCUT2D eigenvalue weighted by Crippen LogP contribution is 2.42. The summed E-state index contributed by atoms with van der Waals surface area (Å²) in [6.07, 6.45) is 1.09. The molecule has 164 valence electrons. The Balaban J connectivity index is 1.43. The van der Waals surface area contributed by atoms with E-state index in [0.29, 0.717) is 5.69 Å². The molecule has 4 amide bonds. The summed E-state index contributed by atoms with van der Waals surface area (Å²) in [5.74, 6) is -2.95. The second-order valence-electron chi connectivity index (χ2n) is 9.82. The Morgan fingerprint density at radius 2 is 1.61 bits per heavy atom. The molecule has 5 aliphatic rings. The number of nitrogens with one attached hydrogen (secondary N) is 1. The number of imide groups is 2. The number of hydrogen-bond acceptors (Lipinski definition) is 6. The molecule has 1 aromatic carbocycles. The zero-order valence-corrected chi connectivity index (χ0v) is 17.8. The Hall–Kier alpha value is -2.81. The van der Waals surface area contributed by atoms with Crippen LogP contribution in [0.15, 0.2) is 12.1 Å². The summed E-state index contributed by atoms with van der Waals surface area (Å²) in [5, 5.41) is 2.17. The average Bonchev–Trinajstić information content (AvgIpc) is 2.92. The van der Waals surface area contributed by atoms with Gasteiger partial charge in [0.25, 0.3) is 11.8 Å². The van der Waals surface area contributed by atoms with Crippen molar-refractivity contribution in [2.45, 2.75) is 63.7 Å². The minimum atomic E-state index is -1.06. The number of rotatable bonds is 2. The molecule has 5 heterocycles. The van der Waals surface area contributed by atoms with Crippen LogP contribution in [-0.4, -0.2) is 70.2 Å². The van der Waals surface area contributed by atoms with Crippen LogP contribution in [0.2, 0.25) is 0 Å². The predicted octanol–water partition coefficient (Wildman–Crippen LogP) is 1.29. The standard InChI is InChI=1S/C22H25FN4O4/c1-22(2,3)25-9-11-6-12(10-25)26(11)17-8-14-13(7-15(17)23)20(30)27(21(14)31)16-4-5-18(28)24-19(16)29/h7-8,11-12,16H,4-6,9-10H2,1-3H3,(H,24,28,29)/t11?,12?,16-/m1/s1. The lowest BCUT2D eigenvalue weighted by Gasteiger charge is -2.60. The van der Waals surface area contributed by atoms with Gasteiger partial charge in [0.15, 0.2) is 0 Å². The SMILES string of the molecule is CC(C)(C)N1CC2CC(C1)N2c1cc2c(cc1F)C(=O)N([C@@H]1CCC(=O)NC1=O)C2=O. The minimum absolute atomic E-state index is 0.0297. The molecular weight excluding hydrogens is 403 g/mol. The van der Waals surface area contributed by atoms with Gasteiger partial charge in [0, 0.05) is 37.1 Å². The van der Waals surface area contributed by atoms with Crippen LogP contribution in [0.4, 0.5) is 10.1 Å². The maximum atomic E-state index is 15.1. The lowest BCUT2D eigenvalue weighted by Crippen LogP contribution is -2.71. The van der Waals surface area contributed by atoms with Crippen molar-refractivity contribution in [3.05, 3.63) is 29.1 Å². The van der Waals surface area contributed by atoms with Gasteiger partial charge in [-0.2, -0.15) is 0 Å². The number of amides is 4. The Bertz CT molecular complexity index is 1020. The highest BCUT2D eigenvalue weighted by molar-refractivity contribution is 6.23. The molecule has 0 aliphatic carbocycles. The molecule has 5 aliphatic heterocycles. The molecule has 6 rings (SSSR count). The number of anilines is 1. The van der Waals surface area contributed by atoms with E-state index in [2.05, 4.69) is 31.0 Å². The summed E-state index contributed by atoms with van der Waals surface area (Å²) < 4.78 is 15.1. The van der Waals surface area contributed by atoms with Crippen molar-refractivity contribution in [3.63, 3.8) is 0 Å². The molecule has 0 radical (unpaired) electrons. The largest absolute Gasteiger partial charge is 0.360 e. The van der Waals surface area contributed by atoms with Crippen molar-refractivity contribution in [3.8, 4) is 0 Å². The fourth-order valence-electron chi connectivity index (χ4n) is 5.23. The quantitative estimate of drug-likeness (QED) is 0.714. The predicted molar refractivity (Wildman–Crippen MR) is 109 cm³/mol. The van der Waals surface area contributed by atoms with E-state index in [9.17, 15) is 19.2 Å². The number of piperazine rings is 1. The highest BCUT2D eigenvalue weighted by atomic mass is 19.1. The summed E-state index contributed by atoms with van der Waals surface area (Å²) in [4.78, 5) is 54.8. The van der Waals surface area contributed by atoms with E-state index in [4.69, 9.17) is 0 Å². The first kappa shape index (κ1) is 20.1. The molecule has 4 saturated heterocycles. The second kappa shape index (κ2) is 6.59. The third-order valence-electron chi connectivity index (χ3n) is 6.93. The molecule has 2 unspecified atom stereocenters. The van der Waals surface area contributed by atoms with Crippen LogP contribution in [0.25, 0.3) is 0 Å². The van der Waals surface area contributed by atoms with Crippen LogP contribution >= 0.6 is 0 Å². The number of nitrogens with zero attached hydrogens (tertiary/aromatic N) is 3. The Kier molecular flexibility index (Phi) is 4.28. The van der Waals surface area contributed by atoms with E-state index >= 15 is 4.39 Å². The Labute approximate surface area is 179 Å². The van der Waals surface area contributed by atoms with Crippen molar-refractivity contribution in [1.29, 1.82) is 0 Å². The number of carbonyl (C=O) groups excluding carboxylic acids is 4. The van der Waals surface area contributed by atoms with Gasteiger partial charge in [-0.15, -0.1) is 0 Å². The van der Waals surface area contributed by atoms with Crippen molar-refractivity contribution >= 4 is 29.3 Å². The third kappa shape index (κ3) is 2.97. The van der Waals surface area contributed by atoms with Crippen molar-refractivity contribution in [2.24, 2.45) is 0 Å². The molecular formula is C22H25FN4O4. The first-order valence-corrected chi connectivity index (χ1v) is 10.6. The van der Waals surface area contributed by atoms with E-state index in [1.807, 2.05) is 4.90 Å². The van der Waals surface area contributed by atoms with Crippen molar-refractivity contribution in [2.75, 3.05) is 18.0 Å². The van der Waals surface area contributed by atoms with Crippen LogP contribution < -0.4 is 10.2 Å². The lowest BCUT2D eigenvalue weighted by atomic mass is 9.84. The summed E-state index contributed by atoms with van der Waals surface area (Å²) in [6.45, 7) is 8.10. The normalized spacial score (nSPS) is 28.6. The third-order valence-corrected chi connectivity index (χ3v) is 6.93. The molecule has 2 bridgehead atoms. The van der Waals surface area contributed by atoms with Gasteiger partial charge in [0.05, 0.1) is 16.8 Å². The van der Waals surface area contributed by atoms with Gasteiger partial charge in [-0.25, -0.2) is 4.39 Å². The Morgan fingerprint density at radius 3 is 2.19 bits per heavy atom. The average molecular weight is 428 g/mol. The summed E-state index contributed by atoms with van der Waals surface area (Å²) >= 11 is 0. The zero-order chi connectivity index (χ0) is 22.2. The van der Waals surface area contributed by atoms with Gasteiger partial charge in [0.1, 0.15) is 11.9 Å². The fraction of sp³-hybridized carbons (Fsp3) is 0.545. The van der Waals surface area contributed by atoms with E-state index in [-0.39, 0.29) is 41.6 Å². The van der Waals surface area contributed by atoms with Gasteiger partial charge in [-0.05, 0) is 45.7 Å². The van der Waals surface area contributed by atoms with Gasteiger partial charge in [0.2, 0.25) is 11.8 Å². The molecule has 3 atom stereocenters. The second-order valence-corrected chi connectivity index (χ2v) is 9.82. The maximum Gasteiger partial charge on any atom is 0.262 e. The molecule has 0 spiro atoms. The lowest BCUT2D eigenvalue weighted by molar-refractivity contribution is -0.136. The first-order chi connectivity index (χ1) is 14.6. The number of benzene rings is 1. The van der Waals surface area contributed by atoms with Gasteiger partial charge in [-0.3, -0.25) is 34.3 Å². The number of hydrogen-bond donors (Lipinski definition) is 1. The number of fused-ring (bicyclic) bond motifs is 3. The summed E-state index contributed by atoms with van der Waals surface area (Å²) in [5.41, 5.74) is 0.450. The van der Waals surface area contributed by atoms with E-state index in [1.54, 1.807) is 0 Å². The molecule has 0 aromatic heterocycles. The summed E-state index contributed by atoms with van der Waals surface area (Å²) in [6, 6.07) is 1.84. The smallest absolute Gasteiger partial charge is 0.262 e. The first-order valence-electron chi connectivity index (χ1n) is 10.6. The van der Waals surface area contributed by atoms with Crippen LogP contribution in [0.1, 0.15) is 60.7 Å². The molecule has 1 N–H and O–H groups in total. The van der Waals surface area contributed by atoms with Crippen LogP contribution in [-0.2, 0) is 9.59 Å². The van der Waals surface area contributed by atoms with E-state index in [1.165, 1.54) is 6.07 Å². The highest BCUT2D eigenvalue weighted by Gasteiger charge is 2.49. The topological polar surface area (TPSA) is 90.0 Å². The number of piperidine rings is 2.